The zero-order valence-electron chi connectivity index (χ0n) is 27.1. The van der Waals surface area contributed by atoms with E-state index in [9.17, 15) is 0 Å². The molecule has 0 saturated carbocycles. The molecule has 234 valence electrons. The van der Waals surface area contributed by atoms with Gasteiger partial charge in [-0.2, -0.15) is 0 Å². The number of pyridine rings is 2. The van der Waals surface area contributed by atoms with Crippen LogP contribution in [0.5, 0.6) is 0 Å². The number of hydrogen-bond donors (Lipinski definition) is 0. The van der Waals surface area contributed by atoms with E-state index < -0.39 is 0 Å². The highest BCUT2D eigenvalue weighted by Gasteiger charge is 2.20. The minimum absolute atomic E-state index is 0.884. The molecule has 4 heteroatoms. The number of para-hydroxylation sites is 3. The molecule has 0 fully saturated rings. The molecular weight excluding hydrogens is 609 g/mol. The third-order valence-corrected chi connectivity index (χ3v) is 9.76. The largest absolute Gasteiger partial charge is 0.294 e. The molecule has 4 heterocycles. The van der Waals surface area contributed by atoms with Crippen molar-refractivity contribution in [1.29, 1.82) is 0 Å². The van der Waals surface area contributed by atoms with Gasteiger partial charge < -0.3 is 0 Å². The Morgan fingerprint density at radius 3 is 1.90 bits per heavy atom. The normalized spacial score (nSPS) is 11.6. The van der Waals surface area contributed by atoms with E-state index in [1.54, 1.807) is 0 Å². The van der Waals surface area contributed by atoms with Gasteiger partial charge in [-0.3, -0.25) is 9.13 Å². The van der Waals surface area contributed by atoms with Gasteiger partial charge in [-0.1, -0.05) is 121 Å². The van der Waals surface area contributed by atoms with Gasteiger partial charge in [-0.05, 0) is 71.3 Å². The summed E-state index contributed by atoms with van der Waals surface area (Å²) in [6, 6.07) is 62.3. The molecule has 10 aromatic rings. The van der Waals surface area contributed by atoms with E-state index >= 15 is 0 Å². The summed E-state index contributed by atoms with van der Waals surface area (Å²) in [4.78, 5) is 10.2. The third kappa shape index (κ3) is 4.46. The van der Waals surface area contributed by atoms with Crippen LogP contribution in [0.1, 0.15) is 0 Å². The van der Waals surface area contributed by atoms with Gasteiger partial charge in [-0.15, -0.1) is 0 Å². The quantitative estimate of drug-likeness (QED) is 0.188. The topological polar surface area (TPSA) is 35.6 Å². The van der Waals surface area contributed by atoms with E-state index in [0.717, 1.165) is 72.6 Å². The van der Waals surface area contributed by atoms with Crippen molar-refractivity contribution in [2.45, 2.75) is 0 Å². The molecule has 4 aromatic heterocycles. The summed E-state index contributed by atoms with van der Waals surface area (Å²) >= 11 is 0. The highest BCUT2D eigenvalue weighted by Crippen LogP contribution is 2.41. The van der Waals surface area contributed by atoms with Crippen LogP contribution in [-0.4, -0.2) is 19.1 Å². The van der Waals surface area contributed by atoms with Crippen LogP contribution in [0.4, 0.5) is 0 Å². The summed E-state index contributed by atoms with van der Waals surface area (Å²) in [5.41, 5.74) is 12.0. The Labute approximate surface area is 289 Å². The highest BCUT2D eigenvalue weighted by atomic mass is 15.1. The maximum Gasteiger partial charge on any atom is 0.145 e. The average molecular weight is 639 g/mol. The molecule has 0 aliphatic rings. The fourth-order valence-corrected chi connectivity index (χ4v) is 7.53. The maximum absolute atomic E-state index is 5.39. The van der Waals surface area contributed by atoms with E-state index in [-0.39, 0.29) is 0 Å². The average Bonchev–Trinajstić information content (AvgIpc) is 3.71. The van der Waals surface area contributed by atoms with Crippen LogP contribution in [0, 0.1) is 0 Å². The van der Waals surface area contributed by atoms with Crippen molar-refractivity contribution < 1.29 is 0 Å². The molecule has 50 heavy (non-hydrogen) atoms. The smallest absolute Gasteiger partial charge is 0.145 e. The van der Waals surface area contributed by atoms with Crippen LogP contribution in [0.2, 0.25) is 0 Å². The van der Waals surface area contributed by atoms with Crippen LogP contribution in [0.3, 0.4) is 0 Å². The van der Waals surface area contributed by atoms with Crippen molar-refractivity contribution in [3.8, 4) is 45.0 Å². The Morgan fingerprint density at radius 1 is 0.400 bits per heavy atom. The first-order valence-corrected chi connectivity index (χ1v) is 16.9. The van der Waals surface area contributed by atoms with Crippen LogP contribution in [0.25, 0.3) is 88.8 Å². The molecule has 0 radical (unpaired) electrons. The van der Waals surface area contributed by atoms with Crippen molar-refractivity contribution >= 4 is 43.7 Å². The van der Waals surface area contributed by atoms with Crippen molar-refractivity contribution in [1.82, 2.24) is 19.1 Å². The third-order valence-electron chi connectivity index (χ3n) is 9.76. The second-order valence-corrected chi connectivity index (χ2v) is 12.7. The lowest BCUT2D eigenvalue weighted by Gasteiger charge is -2.15. The van der Waals surface area contributed by atoms with Crippen molar-refractivity contribution in [2.75, 3.05) is 0 Å². The van der Waals surface area contributed by atoms with Crippen LogP contribution < -0.4 is 0 Å². The molecule has 10 rings (SSSR count). The van der Waals surface area contributed by atoms with Crippen LogP contribution in [0.15, 0.2) is 182 Å². The number of rotatable bonds is 5. The molecule has 6 aromatic carbocycles. The number of hydrogen-bond acceptors (Lipinski definition) is 2. The summed E-state index contributed by atoms with van der Waals surface area (Å²) < 4.78 is 4.62. The maximum atomic E-state index is 5.39. The fourth-order valence-electron chi connectivity index (χ4n) is 7.53. The SMILES string of the molecule is c1ccc(-c2cc(-c3ccccc3)nc(-n3c4ccccc4c4cccc(-c5ccc6c(c5)c5cccnc5n6-c5ccccc5)c43)c2)cc1. The van der Waals surface area contributed by atoms with Gasteiger partial charge in [0.25, 0.3) is 0 Å². The summed E-state index contributed by atoms with van der Waals surface area (Å²) in [6.45, 7) is 0. The highest BCUT2D eigenvalue weighted by molar-refractivity contribution is 6.15. The Hall–Kier alpha value is -6.78. The minimum atomic E-state index is 0.884. The van der Waals surface area contributed by atoms with Gasteiger partial charge in [0.15, 0.2) is 0 Å². The molecule has 0 aliphatic carbocycles. The van der Waals surface area contributed by atoms with Crippen LogP contribution in [-0.2, 0) is 0 Å². The lowest BCUT2D eigenvalue weighted by Crippen LogP contribution is -2.01. The Kier molecular flexibility index (Phi) is 6.46. The molecule has 0 amide bonds. The number of benzene rings is 6. The van der Waals surface area contributed by atoms with Crippen molar-refractivity contribution in [3.05, 3.63) is 182 Å². The van der Waals surface area contributed by atoms with E-state index in [2.05, 4.69) is 179 Å². The predicted octanol–water partition coefficient (Wildman–Crippen LogP) is 11.7. The number of nitrogens with zero attached hydrogens (tertiary/aromatic N) is 4. The standard InChI is InChI=1S/C46H30N4/c1-4-14-31(15-5-1)34-29-41(32-16-6-2-7-17-32)48-44(30-34)50-42-24-11-10-20-37(42)38-22-12-21-36(45(38)50)33-25-26-43-40(28-33)39-23-13-27-47-46(39)49(43)35-18-8-3-9-19-35/h1-30H. The molecule has 4 nitrogen and oxygen atoms in total. The number of aromatic nitrogens is 4. The Balaban J connectivity index is 1.27. The Bertz CT molecular complexity index is 2790. The second kappa shape index (κ2) is 11.4. The van der Waals surface area contributed by atoms with E-state index in [1.165, 1.54) is 16.2 Å². The monoisotopic (exact) mass is 638 g/mol. The van der Waals surface area contributed by atoms with E-state index in [4.69, 9.17) is 9.97 Å². The second-order valence-electron chi connectivity index (χ2n) is 12.7. The van der Waals surface area contributed by atoms with Gasteiger partial charge >= 0.3 is 0 Å². The van der Waals surface area contributed by atoms with E-state index in [0.29, 0.717) is 0 Å². The molecular formula is C46H30N4. The molecule has 0 atom stereocenters. The first kappa shape index (κ1) is 28.3. The van der Waals surface area contributed by atoms with Crippen molar-refractivity contribution in [3.63, 3.8) is 0 Å². The zero-order chi connectivity index (χ0) is 33.0. The van der Waals surface area contributed by atoms with Gasteiger partial charge in [0.05, 0.1) is 22.2 Å². The first-order valence-electron chi connectivity index (χ1n) is 16.9. The summed E-state index contributed by atoms with van der Waals surface area (Å²) in [5, 5.41) is 4.69. The minimum Gasteiger partial charge on any atom is -0.294 e. The summed E-state index contributed by atoms with van der Waals surface area (Å²) in [6.07, 6.45) is 1.88. The molecule has 0 N–H and O–H groups in total. The Morgan fingerprint density at radius 2 is 1.08 bits per heavy atom. The summed E-state index contributed by atoms with van der Waals surface area (Å²) in [7, 11) is 0. The van der Waals surface area contributed by atoms with Gasteiger partial charge in [0.2, 0.25) is 0 Å². The van der Waals surface area contributed by atoms with Crippen LogP contribution >= 0.6 is 0 Å². The van der Waals surface area contributed by atoms with Gasteiger partial charge in [0, 0.05) is 44.6 Å². The number of fused-ring (bicyclic) bond motifs is 6. The van der Waals surface area contributed by atoms with E-state index in [1.807, 2.05) is 12.3 Å². The van der Waals surface area contributed by atoms with Crippen molar-refractivity contribution in [2.24, 2.45) is 0 Å². The lowest BCUT2D eigenvalue weighted by atomic mass is 10.00. The summed E-state index contributed by atoms with van der Waals surface area (Å²) in [5.74, 6) is 0.884. The molecule has 0 unspecified atom stereocenters. The molecule has 0 saturated heterocycles. The predicted molar refractivity (Wildman–Crippen MR) is 207 cm³/mol. The first-order chi connectivity index (χ1) is 24.8. The van der Waals surface area contributed by atoms with Gasteiger partial charge in [0.1, 0.15) is 11.5 Å². The van der Waals surface area contributed by atoms with Gasteiger partial charge in [-0.25, -0.2) is 9.97 Å². The molecule has 0 aliphatic heterocycles. The molecule has 0 bridgehead atoms. The fraction of sp³-hybridized carbons (Fsp3) is 0. The lowest BCUT2D eigenvalue weighted by molar-refractivity contribution is 1.08. The zero-order valence-corrected chi connectivity index (χ0v) is 27.1. The molecule has 0 spiro atoms.